The van der Waals surface area contributed by atoms with Gasteiger partial charge in [0.05, 0.1) is 10.5 Å². The summed E-state index contributed by atoms with van der Waals surface area (Å²) in [6.07, 6.45) is 0. The molecule has 1 aromatic heterocycles. The van der Waals surface area contributed by atoms with Gasteiger partial charge in [-0.3, -0.25) is 20.2 Å². The summed E-state index contributed by atoms with van der Waals surface area (Å²) in [6, 6.07) is 4.86. The Bertz CT molecular complexity index is 656. The van der Waals surface area contributed by atoms with E-state index in [1.54, 1.807) is 0 Å². The SMILES string of the molecule is O=C(COC(=O)c1ccc([N+](=O)[O-])cc1)Nc1nncs1. The van der Waals surface area contributed by atoms with Gasteiger partial charge in [0, 0.05) is 12.1 Å². The van der Waals surface area contributed by atoms with Gasteiger partial charge < -0.3 is 4.74 Å². The van der Waals surface area contributed by atoms with E-state index in [0.717, 1.165) is 11.3 Å². The van der Waals surface area contributed by atoms with Gasteiger partial charge in [0.2, 0.25) is 5.13 Å². The van der Waals surface area contributed by atoms with Gasteiger partial charge in [-0.2, -0.15) is 0 Å². The van der Waals surface area contributed by atoms with Crippen molar-refractivity contribution in [2.75, 3.05) is 11.9 Å². The lowest BCUT2D eigenvalue weighted by atomic mass is 10.2. The molecule has 0 saturated heterocycles. The Balaban J connectivity index is 1.86. The third kappa shape index (κ3) is 4.04. The highest BCUT2D eigenvalue weighted by atomic mass is 32.1. The largest absolute Gasteiger partial charge is 0.452 e. The first-order valence-electron chi connectivity index (χ1n) is 5.54. The van der Waals surface area contributed by atoms with E-state index >= 15 is 0 Å². The topological polar surface area (TPSA) is 124 Å². The zero-order chi connectivity index (χ0) is 15.2. The lowest BCUT2D eigenvalue weighted by Crippen LogP contribution is -2.20. The minimum atomic E-state index is -0.752. The van der Waals surface area contributed by atoms with Crippen LogP contribution in [-0.2, 0) is 9.53 Å². The maximum absolute atomic E-state index is 11.6. The molecule has 0 aliphatic rings. The second-order valence-electron chi connectivity index (χ2n) is 3.67. The number of rotatable bonds is 5. The lowest BCUT2D eigenvalue weighted by Gasteiger charge is -2.04. The number of benzene rings is 1. The van der Waals surface area contributed by atoms with Crippen LogP contribution in [0.5, 0.6) is 0 Å². The number of nitrogens with one attached hydrogen (secondary N) is 1. The number of hydrogen-bond acceptors (Lipinski definition) is 8. The molecule has 0 spiro atoms. The monoisotopic (exact) mass is 308 g/mol. The van der Waals surface area contributed by atoms with Crippen molar-refractivity contribution in [3.63, 3.8) is 0 Å². The standard InChI is InChI=1S/C11H8N4O5S/c16-9(13-11-14-12-6-21-11)5-20-10(17)7-1-3-8(4-2-7)15(18)19/h1-4,6H,5H2,(H,13,14,16). The highest BCUT2D eigenvalue weighted by Crippen LogP contribution is 2.13. The van der Waals surface area contributed by atoms with Crippen molar-refractivity contribution in [1.82, 2.24) is 10.2 Å². The van der Waals surface area contributed by atoms with Crippen molar-refractivity contribution in [2.45, 2.75) is 0 Å². The third-order valence-electron chi connectivity index (χ3n) is 2.25. The number of carbonyl (C=O) groups excluding carboxylic acids is 2. The van der Waals surface area contributed by atoms with E-state index in [-0.39, 0.29) is 11.3 Å². The number of esters is 1. The molecule has 2 aromatic rings. The number of ether oxygens (including phenoxy) is 1. The molecule has 0 saturated carbocycles. The Hall–Kier alpha value is -2.88. The number of anilines is 1. The number of nitro groups is 1. The molecule has 108 valence electrons. The molecule has 0 atom stereocenters. The number of hydrogen-bond donors (Lipinski definition) is 1. The van der Waals surface area contributed by atoms with Crippen molar-refractivity contribution >= 4 is 34.0 Å². The first-order valence-corrected chi connectivity index (χ1v) is 6.42. The molecule has 0 fully saturated rings. The number of aromatic nitrogens is 2. The van der Waals surface area contributed by atoms with E-state index in [0.29, 0.717) is 5.13 Å². The van der Waals surface area contributed by atoms with Gasteiger partial charge >= 0.3 is 5.97 Å². The van der Waals surface area contributed by atoms with E-state index in [1.165, 1.54) is 29.8 Å². The summed E-state index contributed by atoms with van der Waals surface area (Å²) in [5.41, 5.74) is 1.42. The van der Waals surface area contributed by atoms with Gasteiger partial charge in [0.25, 0.3) is 11.6 Å². The van der Waals surface area contributed by atoms with Gasteiger partial charge in [-0.25, -0.2) is 4.79 Å². The Morgan fingerprint density at radius 2 is 2.05 bits per heavy atom. The quantitative estimate of drug-likeness (QED) is 0.500. The van der Waals surface area contributed by atoms with Crippen LogP contribution in [0, 0.1) is 10.1 Å². The fraction of sp³-hybridized carbons (Fsp3) is 0.0909. The fourth-order valence-electron chi connectivity index (χ4n) is 1.32. The second-order valence-corrected chi connectivity index (χ2v) is 4.51. The van der Waals surface area contributed by atoms with E-state index in [2.05, 4.69) is 15.5 Å². The van der Waals surface area contributed by atoms with Crippen molar-refractivity contribution in [2.24, 2.45) is 0 Å². The van der Waals surface area contributed by atoms with E-state index in [1.807, 2.05) is 0 Å². The molecule has 9 nitrogen and oxygen atoms in total. The van der Waals surface area contributed by atoms with Crippen molar-refractivity contribution < 1.29 is 19.2 Å². The van der Waals surface area contributed by atoms with E-state index in [9.17, 15) is 19.7 Å². The molecule has 21 heavy (non-hydrogen) atoms. The molecule has 1 N–H and O–H groups in total. The van der Waals surface area contributed by atoms with Crippen molar-refractivity contribution in [3.8, 4) is 0 Å². The molecule has 1 heterocycles. The van der Waals surface area contributed by atoms with E-state index < -0.39 is 23.4 Å². The zero-order valence-electron chi connectivity index (χ0n) is 10.4. The van der Waals surface area contributed by atoms with Crippen LogP contribution in [0.25, 0.3) is 0 Å². The predicted molar refractivity (Wildman–Crippen MR) is 71.9 cm³/mol. The Kier molecular flexibility index (Phi) is 4.51. The number of non-ortho nitro benzene ring substituents is 1. The smallest absolute Gasteiger partial charge is 0.338 e. The number of nitro benzene ring substituents is 1. The molecule has 0 unspecified atom stereocenters. The first kappa shape index (κ1) is 14.5. The number of amides is 1. The van der Waals surface area contributed by atoms with Crippen LogP contribution in [0.4, 0.5) is 10.8 Å². The molecule has 1 amide bonds. The van der Waals surface area contributed by atoms with Gasteiger partial charge in [-0.1, -0.05) is 11.3 Å². The molecule has 10 heteroatoms. The van der Waals surface area contributed by atoms with Crippen LogP contribution in [0.3, 0.4) is 0 Å². The van der Waals surface area contributed by atoms with Crippen molar-refractivity contribution in [3.05, 3.63) is 45.5 Å². The minimum Gasteiger partial charge on any atom is -0.452 e. The van der Waals surface area contributed by atoms with Gasteiger partial charge in [0.15, 0.2) is 6.61 Å². The number of nitrogens with zero attached hydrogens (tertiary/aromatic N) is 3. The summed E-state index contributed by atoms with van der Waals surface area (Å²) in [5, 5.41) is 20.3. The zero-order valence-corrected chi connectivity index (χ0v) is 11.2. The highest BCUT2D eigenvalue weighted by Gasteiger charge is 2.13. The van der Waals surface area contributed by atoms with Crippen LogP contribution in [0.2, 0.25) is 0 Å². The van der Waals surface area contributed by atoms with Crippen LogP contribution in [0.1, 0.15) is 10.4 Å². The molecule has 2 rings (SSSR count). The second kappa shape index (κ2) is 6.52. The lowest BCUT2D eigenvalue weighted by molar-refractivity contribution is -0.384. The third-order valence-corrected chi connectivity index (χ3v) is 2.86. The molecule has 0 bridgehead atoms. The maximum Gasteiger partial charge on any atom is 0.338 e. The summed E-state index contributed by atoms with van der Waals surface area (Å²) < 4.78 is 4.77. The van der Waals surface area contributed by atoms with Gasteiger partial charge in [0.1, 0.15) is 5.51 Å². The van der Waals surface area contributed by atoms with Gasteiger partial charge in [-0.05, 0) is 12.1 Å². The Morgan fingerprint density at radius 1 is 1.33 bits per heavy atom. The molecule has 0 aliphatic heterocycles. The molecule has 1 aromatic carbocycles. The first-order chi connectivity index (χ1) is 10.1. The maximum atomic E-state index is 11.6. The van der Waals surface area contributed by atoms with Crippen LogP contribution in [0.15, 0.2) is 29.8 Å². The summed E-state index contributed by atoms with van der Waals surface area (Å²) in [5.74, 6) is -1.31. The van der Waals surface area contributed by atoms with Gasteiger partial charge in [-0.15, -0.1) is 10.2 Å². The molecule has 0 radical (unpaired) electrons. The molecule has 0 aliphatic carbocycles. The molecular formula is C11H8N4O5S. The van der Waals surface area contributed by atoms with Crippen LogP contribution in [-0.4, -0.2) is 33.6 Å². The summed E-state index contributed by atoms with van der Waals surface area (Å²) in [4.78, 5) is 33.0. The van der Waals surface area contributed by atoms with Crippen molar-refractivity contribution in [1.29, 1.82) is 0 Å². The number of carbonyl (C=O) groups is 2. The summed E-state index contributed by atoms with van der Waals surface area (Å²) in [7, 11) is 0. The Morgan fingerprint density at radius 3 is 2.62 bits per heavy atom. The highest BCUT2D eigenvalue weighted by molar-refractivity contribution is 7.13. The average molecular weight is 308 g/mol. The average Bonchev–Trinajstić information content (AvgIpc) is 2.97. The van der Waals surface area contributed by atoms with Crippen LogP contribution >= 0.6 is 11.3 Å². The summed E-state index contributed by atoms with van der Waals surface area (Å²) in [6.45, 7) is -0.491. The van der Waals surface area contributed by atoms with Crippen LogP contribution < -0.4 is 5.32 Å². The summed E-state index contributed by atoms with van der Waals surface area (Å²) >= 11 is 1.13. The predicted octanol–water partition coefficient (Wildman–Crippen LogP) is 1.24. The minimum absolute atomic E-state index is 0.115. The Labute approximate surface area is 121 Å². The van der Waals surface area contributed by atoms with E-state index in [4.69, 9.17) is 4.74 Å². The molecular weight excluding hydrogens is 300 g/mol. The fourth-order valence-corrected chi connectivity index (χ4v) is 1.78. The normalized spacial score (nSPS) is 9.90.